The maximum absolute atomic E-state index is 3.55. The Morgan fingerprint density at radius 3 is 2.54 bits per heavy atom. The Morgan fingerprint density at radius 1 is 1.00 bits per heavy atom. The Bertz CT molecular complexity index is 152. The van der Waals surface area contributed by atoms with Gasteiger partial charge in [-0.2, -0.15) is 0 Å². The van der Waals surface area contributed by atoms with E-state index in [2.05, 4.69) is 17.6 Å². The summed E-state index contributed by atoms with van der Waals surface area (Å²) in [6, 6.07) is 0. The first-order chi connectivity index (χ1) is 6.36. The zero-order chi connectivity index (χ0) is 9.10. The van der Waals surface area contributed by atoms with E-state index in [0.29, 0.717) is 0 Å². The number of rotatable bonds is 1. The third kappa shape index (κ3) is 2.44. The van der Waals surface area contributed by atoms with Crippen LogP contribution in [0.3, 0.4) is 0 Å². The van der Waals surface area contributed by atoms with Gasteiger partial charge in [0.1, 0.15) is 0 Å². The van der Waals surface area contributed by atoms with Gasteiger partial charge in [0.2, 0.25) is 0 Å². The number of piperidine rings is 2. The van der Waals surface area contributed by atoms with Gasteiger partial charge in [0.05, 0.1) is 0 Å². The lowest BCUT2D eigenvalue weighted by atomic mass is 9.79. The minimum Gasteiger partial charge on any atom is -0.316 e. The minimum atomic E-state index is 0.890. The van der Waals surface area contributed by atoms with E-state index >= 15 is 0 Å². The van der Waals surface area contributed by atoms with Crippen molar-refractivity contribution in [3.8, 4) is 0 Å². The molecule has 0 aromatic carbocycles. The average Bonchev–Trinajstić information content (AvgIpc) is 2.19. The monoisotopic (exact) mass is 182 g/mol. The fourth-order valence-corrected chi connectivity index (χ4v) is 2.84. The third-order valence-electron chi connectivity index (χ3n) is 3.61. The van der Waals surface area contributed by atoms with E-state index in [4.69, 9.17) is 0 Å². The highest BCUT2D eigenvalue weighted by atomic mass is 14.9. The molecule has 0 spiro atoms. The van der Waals surface area contributed by atoms with Crippen LogP contribution >= 0.6 is 0 Å². The highest BCUT2D eigenvalue weighted by Crippen LogP contribution is 2.27. The largest absolute Gasteiger partial charge is 0.316 e. The second-order valence-electron chi connectivity index (χ2n) is 4.87. The fraction of sp³-hybridized carbons (Fsp3) is 1.00. The maximum atomic E-state index is 3.55. The van der Waals surface area contributed by atoms with Crippen molar-refractivity contribution in [2.75, 3.05) is 26.2 Å². The van der Waals surface area contributed by atoms with Crippen molar-refractivity contribution in [3.63, 3.8) is 0 Å². The summed E-state index contributed by atoms with van der Waals surface area (Å²) in [5.74, 6) is 2.78. The summed E-state index contributed by atoms with van der Waals surface area (Å²) in [5, 5.41) is 7.07. The van der Waals surface area contributed by atoms with Gasteiger partial charge in [-0.05, 0) is 63.2 Å². The van der Waals surface area contributed by atoms with Gasteiger partial charge in [0, 0.05) is 0 Å². The smallest absolute Gasteiger partial charge is 0.00172 e. The fourth-order valence-electron chi connectivity index (χ4n) is 2.84. The first kappa shape index (κ1) is 9.47. The van der Waals surface area contributed by atoms with Gasteiger partial charge in [-0.1, -0.05) is 6.92 Å². The second kappa shape index (κ2) is 4.43. The lowest BCUT2D eigenvalue weighted by Gasteiger charge is -2.36. The molecule has 2 aliphatic rings. The van der Waals surface area contributed by atoms with E-state index in [0.717, 1.165) is 17.8 Å². The summed E-state index contributed by atoms with van der Waals surface area (Å²) in [6.45, 7) is 7.37. The van der Waals surface area contributed by atoms with Crippen LogP contribution < -0.4 is 10.6 Å². The van der Waals surface area contributed by atoms with Crippen molar-refractivity contribution in [2.24, 2.45) is 17.8 Å². The van der Waals surface area contributed by atoms with Crippen LogP contribution in [0.1, 0.15) is 26.2 Å². The normalized spacial score (nSPS) is 41.8. The molecule has 0 aromatic heterocycles. The molecule has 2 nitrogen and oxygen atoms in total. The first-order valence-electron chi connectivity index (χ1n) is 5.77. The predicted octanol–water partition coefficient (Wildman–Crippen LogP) is 1.23. The molecule has 76 valence electrons. The molecule has 0 amide bonds. The molecule has 2 saturated heterocycles. The number of hydrogen-bond donors (Lipinski definition) is 2. The van der Waals surface area contributed by atoms with Crippen LogP contribution in [0.25, 0.3) is 0 Å². The minimum absolute atomic E-state index is 0.890. The Morgan fingerprint density at radius 2 is 1.85 bits per heavy atom. The topological polar surface area (TPSA) is 24.1 Å². The SMILES string of the molecule is CC1CNCC(C2CCCNC2)C1. The number of nitrogens with one attached hydrogen (secondary N) is 2. The molecule has 3 atom stereocenters. The van der Waals surface area contributed by atoms with Gasteiger partial charge in [-0.25, -0.2) is 0 Å². The Kier molecular flexibility index (Phi) is 3.23. The molecular formula is C11H22N2. The molecule has 2 heterocycles. The standard InChI is InChI=1S/C11H22N2/c1-9-5-11(8-13-6-9)10-3-2-4-12-7-10/h9-13H,2-8H2,1H3. The second-order valence-corrected chi connectivity index (χ2v) is 4.87. The van der Waals surface area contributed by atoms with Crippen molar-refractivity contribution in [2.45, 2.75) is 26.2 Å². The Hall–Kier alpha value is -0.0800. The summed E-state index contributed by atoms with van der Waals surface area (Å²) in [4.78, 5) is 0. The third-order valence-corrected chi connectivity index (χ3v) is 3.61. The van der Waals surface area contributed by atoms with Crippen molar-refractivity contribution in [3.05, 3.63) is 0 Å². The van der Waals surface area contributed by atoms with Crippen LogP contribution in [0.15, 0.2) is 0 Å². The van der Waals surface area contributed by atoms with Gasteiger partial charge in [0.25, 0.3) is 0 Å². The van der Waals surface area contributed by atoms with E-state index in [-0.39, 0.29) is 0 Å². The van der Waals surface area contributed by atoms with Gasteiger partial charge in [-0.3, -0.25) is 0 Å². The van der Waals surface area contributed by atoms with Gasteiger partial charge < -0.3 is 10.6 Å². The quantitative estimate of drug-likeness (QED) is 0.637. The van der Waals surface area contributed by atoms with Crippen LogP contribution in [0.2, 0.25) is 0 Å². The van der Waals surface area contributed by atoms with E-state index < -0.39 is 0 Å². The lowest BCUT2D eigenvalue weighted by Crippen LogP contribution is -2.43. The van der Waals surface area contributed by atoms with Gasteiger partial charge in [0.15, 0.2) is 0 Å². The Balaban J connectivity index is 1.83. The number of hydrogen-bond acceptors (Lipinski definition) is 2. The molecule has 13 heavy (non-hydrogen) atoms. The molecule has 0 saturated carbocycles. The zero-order valence-electron chi connectivity index (χ0n) is 8.68. The van der Waals surface area contributed by atoms with E-state index in [9.17, 15) is 0 Å². The molecule has 0 aliphatic carbocycles. The summed E-state index contributed by atoms with van der Waals surface area (Å²) >= 11 is 0. The van der Waals surface area contributed by atoms with Crippen molar-refractivity contribution >= 4 is 0 Å². The molecule has 2 N–H and O–H groups in total. The van der Waals surface area contributed by atoms with Crippen molar-refractivity contribution < 1.29 is 0 Å². The molecule has 0 aromatic rings. The van der Waals surface area contributed by atoms with Crippen LogP contribution in [0, 0.1) is 17.8 Å². The summed E-state index contributed by atoms with van der Waals surface area (Å²) in [5.41, 5.74) is 0. The zero-order valence-corrected chi connectivity index (χ0v) is 8.68. The van der Waals surface area contributed by atoms with Gasteiger partial charge >= 0.3 is 0 Å². The van der Waals surface area contributed by atoms with Crippen LogP contribution in [-0.2, 0) is 0 Å². The molecule has 3 unspecified atom stereocenters. The van der Waals surface area contributed by atoms with E-state index in [1.165, 1.54) is 45.4 Å². The molecule has 2 aliphatic heterocycles. The van der Waals surface area contributed by atoms with Crippen molar-refractivity contribution in [1.29, 1.82) is 0 Å². The maximum Gasteiger partial charge on any atom is -0.00172 e. The molecule has 0 radical (unpaired) electrons. The average molecular weight is 182 g/mol. The highest BCUT2D eigenvalue weighted by Gasteiger charge is 2.27. The van der Waals surface area contributed by atoms with Crippen LogP contribution in [0.4, 0.5) is 0 Å². The Labute approximate surface area is 81.5 Å². The predicted molar refractivity (Wildman–Crippen MR) is 55.7 cm³/mol. The summed E-state index contributed by atoms with van der Waals surface area (Å²) in [6.07, 6.45) is 4.28. The molecule has 0 bridgehead atoms. The van der Waals surface area contributed by atoms with Gasteiger partial charge in [-0.15, -0.1) is 0 Å². The van der Waals surface area contributed by atoms with E-state index in [1.54, 1.807) is 0 Å². The highest BCUT2D eigenvalue weighted by molar-refractivity contribution is 4.82. The summed E-state index contributed by atoms with van der Waals surface area (Å²) < 4.78 is 0. The molecule has 2 fully saturated rings. The molecule has 2 heteroatoms. The summed E-state index contributed by atoms with van der Waals surface area (Å²) in [7, 11) is 0. The molecular weight excluding hydrogens is 160 g/mol. The molecule has 2 rings (SSSR count). The van der Waals surface area contributed by atoms with Crippen LogP contribution in [-0.4, -0.2) is 26.2 Å². The lowest BCUT2D eigenvalue weighted by molar-refractivity contribution is 0.190. The first-order valence-corrected chi connectivity index (χ1v) is 5.77. The van der Waals surface area contributed by atoms with Crippen LogP contribution in [0.5, 0.6) is 0 Å². The van der Waals surface area contributed by atoms with Crippen molar-refractivity contribution in [1.82, 2.24) is 10.6 Å². The van der Waals surface area contributed by atoms with E-state index in [1.807, 2.05) is 0 Å².